The Labute approximate surface area is 152 Å². The summed E-state index contributed by atoms with van der Waals surface area (Å²) in [5, 5.41) is 9.29. The maximum atomic E-state index is 12.4. The number of rotatable bonds is 7. The summed E-state index contributed by atoms with van der Waals surface area (Å²) in [5.41, 5.74) is 1.51. The van der Waals surface area contributed by atoms with Crippen LogP contribution < -0.4 is 0 Å². The van der Waals surface area contributed by atoms with Crippen molar-refractivity contribution in [1.29, 1.82) is 0 Å². The summed E-state index contributed by atoms with van der Waals surface area (Å²) in [6.07, 6.45) is 0.237. The number of carboxylic acid groups (broad SMARTS) is 1. The summed E-state index contributed by atoms with van der Waals surface area (Å²) in [5.74, 6) is -0.971. The number of ketones is 1. The van der Waals surface area contributed by atoms with Crippen LogP contribution in [0.5, 0.6) is 0 Å². The van der Waals surface area contributed by atoms with E-state index in [2.05, 4.69) is 15.9 Å². The van der Waals surface area contributed by atoms with Crippen molar-refractivity contribution in [1.82, 2.24) is 0 Å². The summed E-state index contributed by atoms with van der Waals surface area (Å²) in [7, 11) is 0. The minimum absolute atomic E-state index is 0.0182. The second-order valence-electron chi connectivity index (χ2n) is 4.88. The Bertz CT molecular complexity index is 686. The van der Waals surface area contributed by atoms with Crippen molar-refractivity contribution in [3.8, 4) is 0 Å². The monoisotopic (exact) mass is 412 g/mol. The summed E-state index contributed by atoms with van der Waals surface area (Å²) >= 11 is 10.5. The van der Waals surface area contributed by atoms with Gasteiger partial charge in [0.15, 0.2) is 5.78 Å². The smallest absolute Gasteiger partial charge is 0.313 e. The average Bonchev–Trinajstić information content (AvgIpc) is 2.52. The van der Waals surface area contributed by atoms with Gasteiger partial charge in [0.1, 0.15) is 0 Å². The largest absolute Gasteiger partial charge is 0.481 e. The molecule has 0 heterocycles. The van der Waals surface area contributed by atoms with Crippen LogP contribution in [0, 0.1) is 0 Å². The van der Waals surface area contributed by atoms with Crippen LogP contribution in [0.4, 0.5) is 0 Å². The summed E-state index contributed by atoms with van der Waals surface area (Å²) in [6, 6.07) is 14.3. The molecule has 2 aromatic carbocycles. The number of hydrogen-bond acceptors (Lipinski definition) is 3. The van der Waals surface area contributed by atoms with Gasteiger partial charge in [0.2, 0.25) is 0 Å². The summed E-state index contributed by atoms with van der Waals surface area (Å²) in [4.78, 5) is 23.3. The predicted molar refractivity (Wildman–Crippen MR) is 97.4 cm³/mol. The lowest BCUT2D eigenvalue weighted by Gasteiger charge is -2.16. The highest BCUT2D eigenvalue weighted by atomic mass is 79.9. The van der Waals surface area contributed by atoms with Crippen molar-refractivity contribution in [3.05, 3.63) is 69.2 Å². The maximum absolute atomic E-state index is 12.4. The van der Waals surface area contributed by atoms with Gasteiger partial charge < -0.3 is 5.11 Å². The molecule has 2 rings (SSSR count). The summed E-state index contributed by atoms with van der Waals surface area (Å²) in [6.45, 7) is 0. The third kappa shape index (κ3) is 5.68. The Balaban J connectivity index is 2.16. The highest BCUT2D eigenvalue weighted by Crippen LogP contribution is 2.34. The highest BCUT2D eigenvalue weighted by Gasteiger charge is 2.19. The molecule has 6 heteroatoms. The molecular formula is C17H14BrClO3S. The van der Waals surface area contributed by atoms with Gasteiger partial charge in [0, 0.05) is 26.7 Å². The first-order chi connectivity index (χ1) is 11.0. The van der Waals surface area contributed by atoms with Crippen LogP contribution in [0.25, 0.3) is 0 Å². The number of benzene rings is 2. The van der Waals surface area contributed by atoms with E-state index in [9.17, 15) is 9.59 Å². The minimum atomic E-state index is -0.898. The van der Waals surface area contributed by atoms with Crippen LogP contribution in [0.3, 0.4) is 0 Å². The molecule has 0 bridgehead atoms. The second-order valence-corrected chi connectivity index (χ2v) is 7.42. The fraction of sp³-hybridized carbons (Fsp3) is 0.176. The zero-order chi connectivity index (χ0) is 16.8. The Kier molecular flexibility index (Phi) is 6.69. The molecule has 120 valence electrons. The van der Waals surface area contributed by atoms with E-state index in [1.807, 2.05) is 24.3 Å². The molecule has 0 spiro atoms. The third-order valence-electron chi connectivity index (χ3n) is 3.19. The molecule has 1 N–H and O–H groups in total. The summed E-state index contributed by atoms with van der Waals surface area (Å²) < 4.78 is 0.906. The van der Waals surface area contributed by atoms with E-state index in [1.54, 1.807) is 24.3 Å². The Hall–Kier alpha value is -1.30. The van der Waals surface area contributed by atoms with Gasteiger partial charge in [-0.3, -0.25) is 9.59 Å². The van der Waals surface area contributed by atoms with Crippen LogP contribution in [-0.4, -0.2) is 22.6 Å². The number of aliphatic carboxylic acids is 1. The third-order valence-corrected chi connectivity index (χ3v) is 5.22. The number of carboxylic acids is 1. The number of hydrogen-bond donors (Lipinski definition) is 1. The first-order valence-electron chi connectivity index (χ1n) is 6.83. The molecule has 3 nitrogen and oxygen atoms in total. The molecule has 0 aliphatic heterocycles. The van der Waals surface area contributed by atoms with Crippen molar-refractivity contribution in [3.63, 3.8) is 0 Å². The van der Waals surface area contributed by atoms with Gasteiger partial charge in [-0.1, -0.05) is 51.8 Å². The quantitative estimate of drug-likeness (QED) is 0.631. The van der Waals surface area contributed by atoms with Gasteiger partial charge in [-0.15, -0.1) is 11.8 Å². The fourth-order valence-electron chi connectivity index (χ4n) is 2.04. The number of carbonyl (C=O) groups excluding carboxylic acids is 1. The van der Waals surface area contributed by atoms with Crippen molar-refractivity contribution >= 4 is 51.0 Å². The van der Waals surface area contributed by atoms with E-state index in [4.69, 9.17) is 16.7 Å². The van der Waals surface area contributed by atoms with Crippen LogP contribution in [0.15, 0.2) is 53.0 Å². The van der Waals surface area contributed by atoms with E-state index >= 15 is 0 Å². The van der Waals surface area contributed by atoms with Crippen LogP contribution >= 0.6 is 39.3 Å². The number of thioether (sulfide) groups is 1. The zero-order valence-electron chi connectivity index (χ0n) is 12.0. The standard InChI is InChI=1S/C17H14BrClO3S/c18-13-5-1-11(2-6-13)15(20)9-16(23-10-17(21)22)12-3-7-14(19)8-4-12/h1-8,16H,9-10H2,(H,21,22). The number of Topliss-reactive ketones (excluding diaryl/α,β-unsaturated/α-hetero) is 1. The first-order valence-corrected chi connectivity index (χ1v) is 9.05. The van der Waals surface area contributed by atoms with Crippen LogP contribution in [0.1, 0.15) is 27.6 Å². The van der Waals surface area contributed by atoms with Crippen molar-refractivity contribution < 1.29 is 14.7 Å². The normalized spacial score (nSPS) is 11.9. The Morgan fingerprint density at radius 3 is 2.26 bits per heavy atom. The van der Waals surface area contributed by atoms with E-state index in [0.29, 0.717) is 10.6 Å². The maximum Gasteiger partial charge on any atom is 0.313 e. The first kappa shape index (κ1) is 18.0. The van der Waals surface area contributed by atoms with Gasteiger partial charge in [0.25, 0.3) is 0 Å². The molecule has 0 amide bonds. The zero-order valence-corrected chi connectivity index (χ0v) is 15.2. The van der Waals surface area contributed by atoms with E-state index in [0.717, 1.165) is 10.0 Å². The molecule has 0 aromatic heterocycles. The molecule has 0 fully saturated rings. The van der Waals surface area contributed by atoms with Gasteiger partial charge >= 0.3 is 5.97 Å². The fourth-order valence-corrected chi connectivity index (χ4v) is 3.40. The van der Waals surface area contributed by atoms with Crippen molar-refractivity contribution in [2.75, 3.05) is 5.75 Å². The van der Waals surface area contributed by atoms with Gasteiger partial charge in [0.05, 0.1) is 5.75 Å². The lowest BCUT2D eigenvalue weighted by Crippen LogP contribution is -2.08. The van der Waals surface area contributed by atoms with Crippen LogP contribution in [0.2, 0.25) is 5.02 Å². The minimum Gasteiger partial charge on any atom is -0.481 e. The van der Waals surface area contributed by atoms with Crippen molar-refractivity contribution in [2.24, 2.45) is 0 Å². The molecule has 0 saturated heterocycles. The molecule has 0 radical (unpaired) electrons. The number of halogens is 2. The Morgan fingerprint density at radius 2 is 1.70 bits per heavy atom. The Morgan fingerprint density at radius 1 is 1.09 bits per heavy atom. The van der Waals surface area contributed by atoms with Gasteiger partial charge in [-0.05, 0) is 29.8 Å². The van der Waals surface area contributed by atoms with Gasteiger partial charge in [-0.25, -0.2) is 0 Å². The highest BCUT2D eigenvalue weighted by molar-refractivity contribution is 9.10. The topological polar surface area (TPSA) is 54.4 Å². The molecular weight excluding hydrogens is 400 g/mol. The average molecular weight is 414 g/mol. The van der Waals surface area contributed by atoms with E-state index in [-0.39, 0.29) is 23.2 Å². The lowest BCUT2D eigenvalue weighted by molar-refractivity contribution is -0.133. The molecule has 23 heavy (non-hydrogen) atoms. The molecule has 0 aliphatic rings. The molecule has 1 atom stereocenters. The van der Waals surface area contributed by atoms with Gasteiger partial charge in [-0.2, -0.15) is 0 Å². The SMILES string of the molecule is O=C(O)CSC(CC(=O)c1ccc(Br)cc1)c1ccc(Cl)cc1. The molecule has 0 saturated carbocycles. The van der Waals surface area contributed by atoms with E-state index in [1.165, 1.54) is 11.8 Å². The molecule has 2 aromatic rings. The number of carbonyl (C=O) groups is 2. The van der Waals surface area contributed by atoms with E-state index < -0.39 is 5.97 Å². The predicted octanol–water partition coefficient (Wildman–Crippen LogP) is 5.23. The second kappa shape index (κ2) is 8.52. The molecule has 1 unspecified atom stereocenters. The lowest BCUT2D eigenvalue weighted by atomic mass is 10.0. The molecule has 0 aliphatic carbocycles. The van der Waals surface area contributed by atoms with Crippen molar-refractivity contribution in [2.45, 2.75) is 11.7 Å². The van der Waals surface area contributed by atoms with Crippen LogP contribution in [-0.2, 0) is 4.79 Å².